The minimum Gasteiger partial charge on any atom is -0.321 e. The highest BCUT2D eigenvalue weighted by molar-refractivity contribution is 6.31. The van der Waals surface area contributed by atoms with Crippen molar-refractivity contribution in [2.45, 2.75) is 0 Å². The van der Waals surface area contributed by atoms with Crippen molar-refractivity contribution in [3.63, 3.8) is 0 Å². The Morgan fingerprint density at radius 3 is 2.37 bits per heavy atom. The number of ketones is 1. The monoisotopic (exact) mass is 378 g/mol. The number of carbonyl (C=O) groups excluding carboxylic acids is 2. The minimum absolute atomic E-state index is 0.107. The average Bonchev–Trinajstić information content (AvgIpc) is 2.69. The fourth-order valence-electron chi connectivity index (χ4n) is 2.52. The van der Waals surface area contributed by atoms with Gasteiger partial charge in [-0.3, -0.25) is 9.59 Å². The van der Waals surface area contributed by atoms with E-state index in [-0.39, 0.29) is 28.2 Å². The van der Waals surface area contributed by atoms with Gasteiger partial charge in [0.05, 0.1) is 22.9 Å². The van der Waals surface area contributed by atoms with Gasteiger partial charge in [-0.2, -0.15) is 5.26 Å². The second-order valence-electron chi connectivity index (χ2n) is 5.65. The van der Waals surface area contributed by atoms with Crippen LogP contribution in [0.3, 0.4) is 0 Å². The molecule has 0 atom stereocenters. The summed E-state index contributed by atoms with van der Waals surface area (Å²) in [6.07, 6.45) is 0. The number of amides is 1. The molecule has 3 rings (SSSR count). The first-order valence-corrected chi connectivity index (χ1v) is 8.27. The zero-order chi connectivity index (χ0) is 19.4. The smallest absolute Gasteiger partial charge is 0.258 e. The molecule has 0 aliphatic carbocycles. The van der Waals surface area contributed by atoms with Gasteiger partial charge in [0.2, 0.25) is 0 Å². The summed E-state index contributed by atoms with van der Waals surface area (Å²) in [4.78, 5) is 25.2. The summed E-state index contributed by atoms with van der Waals surface area (Å²) >= 11 is 6.00. The van der Waals surface area contributed by atoms with Crippen LogP contribution >= 0.6 is 11.6 Å². The number of halogens is 2. The normalized spacial score (nSPS) is 10.1. The van der Waals surface area contributed by atoms with Gasteiger partial charge in [-0.15, -0.1) is 0 Å². The number of hydrogen-bond donors (Lipinski definition) is 1. The predicted molar refractivity (Wildman–Crippen MR) is 100 cm³/mol. The van der Waals surface area contributed by atoms with Crippen LogP contribution in [0.4, 0.5) is 10.1 Å². The van der Waals surface area contributed by atoms with Crippen LogP contribution in [0.1, 0.15) is 31.8 Å². The lowest BCUT2D eigenvalue weighted by molar-refractivity contribution is 0.102. The Kier molecular flexibility index (Phi) is 5.30. The average molecular weight is 379 g/mol. The van der Waals surface area contributed by atoms with Gasteiger partial charge in [-0.25, -0.2) is 4.39 Å². The van der Waals surface area contributed by atoms with Crippen LogP contribution in [-0.2, 0) is 0 Å². The molecule has 4 nitrogen and oxygen atoms in total. The number of nitriles is 1. The lowest BCUT2D eigenvalue weighted by Gasteiger charge is -2.12. The summed E-state index contributed by atoms with van der Waals surface area (Å²) in [6.45, 7) is 0. The molecular formula is C21H12ClFN2O2. The molecule has 0 aliphatic rings. The van der Waals surface area contributed by atoms with Crippen molar-refractivity contribution in [2.24, 2.45) is 0 Å². The molecule has 3 aromatic rings. The van der Waals surface area contributed by atoms with Gasteiger partial charge < -0.3 is 5.32 Å². The maximum atomic E-state index is 14.1. The Morgan fingerprint density at radius 2 is 1.70 bits per heavy atom. The fourth-order valence-corrected chi connectivity index (χ4v) is 2.69. The van der Waals surface area contributed by atoms with Crippen LogP contribution in [0, 0.1) is 17.1 Å². The van der Waals surface area contributed by atoms with Crippen molar-refractivity contribution < 1.29 is 14.0 Å². The van der Waals surface area contributed by atoms with E-state index in [9.17, 15) is 14.0 Å². The Bertz CT molecular complexity index is 1080. The van der Waals surface area contributed by atoms with Crippen LogP contribution in [-0.4, -0.2) is 11.7 Å². The Hall–Kier alpha value is -3.49. The Morgan fingerprint density at radius 1 is 0.963 bits per heavy atom. The van der Waals surface area contributed by atoms with E-state index in [1.165, 1.54) is 30.3 Å². The maximum absolute atomic E-state index is 14.1. The van der Waals surface area contributed by atoms with Gasteiger partial charge in [0, 0.05) is 16.1 Å². The van der Waals surface area contributed by atoms with Crippen molar-refractivity contribution in [3.8, 4) is 6.07 Å². The number of hydrogen-bond acceptors (Lipinski definition) is 3. The van der Waals surface area contributed by atoms with Gasteiger partial charge in [0.25, 0.3) is 5.91 Å². The van der Waals surface area contributed by atoms with Crippen molar-refractivity contribution in [1.82, 2.24) is 0 Å². The molecule has 3 aromatic carbocycles. The summed E-state index contributed by atoms with van der Waals surface area (Å²) in [6, 6.07) is 18.3. The van der Waals surface area contributed by atoms with Crippen LogP contribution in [0.5, 0.6) is 0 Å². The van der Waals surface area contributed by atoms with Crippen LogP contribution in [0.25, 0.3) is 0 Å². The molecule has 6 heteroatoms. The molecule has 0 saturated carbocycles. The third kappa shape index (κ3) is 4.02. The molecule has 27 heavy (non-hydrogen) atoms. The first kappa shape index (κ1) is 18.3. The van der Waals surface area contributed by atoms with Crippen LogP contribution < -0.4 is 5.32 Å². The lowest BCUT2D eigenvalue weighted by atomic mass is 10.0. The SMILES string of the molecule is N#Cc1ccc(C(=O)Nc2ccc(Cl)cc2C(=O)c2ccccc2)c(F)c1. The number of rotatable bonds is 4. The zero-order valence-electron chi connectivity index (χ0n) is 13.9. The first-order chi connectivity index (χ1) is 13.0. The molecule has 1 amide bonds. The van der Waals surface area contributed by atoms with Gasteiger partial charge in [-0.1, -0.05) is 41.9 Å². The van der Waals surface area contributed by atoms with Gasteiger partial charge >= 0.3 is 0 Å². The second-order valence-corrected chi connectivity index (χ2v) is 6.08. The van der Waals surface area contributed by atoms with Crippen LogP contribution in [0.2, 0.25) is 5.02 Å². The van der Waals surface area contributed by atoms with E-state index < -0.39 is 11.7 Å². The molecule has 0 bridgehead atoms. The van der Waals surface area contributed by atoms with E-state index in [2.05, 4.69) is 5.32 Å². The topological polar surface area (TPSA) is 70.0 Å². The maximum Gasteiger partial charge on any atom is 0.258 e. The van der Waals surface area contributed by atoms with Crippen molar-refractivity contribution in [3.05, 3.63) is 99.8 Å². The molecule has 0 saturated heterocycles. The number of nitrogens with one attached hydrogen (secondary N) is 1. The predicted octanol–water partition coefficient (Wildman–Crippen LogP) is 4.83. The van der Waals surface area contributed by atoms with Gasteiger partial charge in [-0.05, 0) is 36.4 Å². The molecule has 0 fully saturated rings. The van der Waals surface area contributed by atoms with Gasteiger partial charge in [0.1, 0.15) is 5.82 Å². The summed E-state index contributed by atoms with van der Waals surface area (Å²) in [5.41, 5.74) is 0.704. The summed E-state index contributed by atoms with van der Waals surface area (Å²) in [5.74, 6) is -1.88. The van der Waals surface area contributed by atoms with E-state index in [0.29, 0.717) is 10.6 Å². The first-order valence-electron chi connectivity index (χ1n) is 7.90. The number of benzene rings is 3. The van der Waals surface area contributed by atoms with Crippen molar-refractivity contribution in [1.29, 1.82) is 5.26 Å². The third-order valence-electron chi connectivity index (χ3n) is 3.85. The fraction of sp³-hybridized carbons (Fsp3) is 0. The highest BCUT2D eigenvalue weighted by Gasteiger charge is 2.18. The molecule has 0 unspecified atom stereocenters. The van der Waals surface area contributed by atoms with E-state index in [1.807, 2.05) is 0 Å². The van der Waals surface area contributed by atoms with Crippen molar-refractivity contribution >= 4 is 29.0 Å². The molecule has 0 spiro atoms. The minimum atomic E-state index is -0.823. The second kappa shape index (κ2) is 7.81. The zero-order valence-corrected chi connectivity index (χ0v) is 14.6. The molecule has 1 N–H and O–H groups in total. The highest BCUT2D eigenvalue weighted by Crippen LogP contribution is 2.24. The third-order valence-corrected chi connectivity index (χ3v) is 4.09. The molecule has 0 aliphatic heterocycles. The van der Waals surface area contributed by atoms with Gasteiger partial charge in [0.15, 0.2) is 5.78 Å². The number of anilines is 1. The van der Waals surface area contributed by atoms with E-state index in [1.54, 1.807) is 36.4 Å². The van der Waals surface area contributed by atoms with E-state index in [0.717, 1.165) is 6.07 Å². The largest absolute Gasteiger partial charge is 0.321 e. The molecule has 132 valence electrons. The lowest BCUT2D eigenvalue weighted by Crippen LogP contribution is -2.16. The highest BCUT2D eigenvalue weighted by atomic mass is 35.5. The molecule has 0 aromatic heterocycles. The quantitative estimate of drug-likeness (QED) is 0.661. The Labute approximate surface area is 159 Å². The Balaban J connectivity index is 1.95. The van der Waals surface area contributed by atoms with E-state index in [4.69, 9.17) is 16.9 Å². The number of carbonyl (C=O) groups is 2. The molecule has 0 heterocycles. The summed E-state index contributed by atoms with van der Waals surface area (Å²) in [5, 5.41) is 11.7. The van der Waals surface area contributed by atoms with E-state index >= 15 is 0 Å². The standard InChI is InChI=1S/C21H12ClFN2O2/c22-15-7-9-19(17(11-15)20(26)14-4-2-1-3-5-14)25-21(27)16-8-6-13(12-24)10-18(16)23/h1-11H,(H,25,27). The van der Waals surface area contributed by atoms with Crippen LogP contribution in [0.15, 0.2) is 66.7 Å². The summed E-state index contributed by atoms with van der Waals surface area (Å²) in [7, 11) is 0. The molecule has 0 radical (unpaired) electrons. The molecular weight excluding hydrogens is 367 g/mol. The summed E-state index contributed by atoms with van der Waals surface area (Å²) < 4.78 is 14.1. The number of nitrogens with zero attached hydrogens (tertiary/aromatic N) is 1. The van der Waals surface area contributed by atoms with Crippen molar-refractivity contribution in [2.75, 3.05) is 5.32 Å².